The third-order valence-electron chi connectivity index (χ3n) is 3.29. The molecule has 0 saturated carbocycles. The fourth-order valence-corrected chi connectivity index (χ4v) is 2.37. The molecule has 0 N–H and O–H groups in total. The van der Waals surface area contributed by atoms with E-state index in [1.165, 1.54) is 6.21 Å². The van der Waals surface area contributed by atoms with Gasteiger partial charge < -0.3 is 19.2 Å². The number of nitrogens with zero attached hydrogens (tertiary/aromatic N) is 2. The number of amides is 1. The van der Waals surface area contributed by atoms with Crippen LogP contribution in [-0.2, 0) is 9.63 Å². The van der Waals surface area contributed by atoms with E-state index in [2.05, 4.69) is 5.16 Å². The number of methoxy groups -OCH3 is 2. The highest BCUT2D eigenvalue weighted by molar-refractivity contribution is 5.84. The predicted molar refractivity (Wildman–Crippen MR) is 90.2 cm³/mol. The third-order valence-corrected chi connectivity index (χ3v) is 3.29. The maximum atomic E-state index is 12.1. The summed E-state index contributed by atoms with van der Waals surface area (Å²) in [6.07, 6.45) is 1.50. The SMILES string of the molecule is COc1ccc(OC)c(/C=N\OCC(=O)N(C(C)C)C(C)C)c1. The molecule has 0 aliphatic rings. The summed E-state index contributed by atoms with van der Waals surface area (Å²) in [5.74, 6) is 1.24. The summed E-state index contributed by atoms with van der Waals surface area (Å²) in [7, 11) is 3.16. The number of carbonyl (C=O) groups is 1. The molecule has 6 nitrogen and oxygen atoms in total. The number of carbonyl (C=O) groups excluding carboxylic acids is 1. The molecule has 0 radical (unpaired) electrons. The van der Waals surface area contributed by atoms with E-state index in [1.54, 1.807) is 37.3 Å². The van der Waals surface area contributed by atoms with Crippen molar-refractivity contribution in [3.63, 3.8) is 0 Å². The summed E-state index contributed by atoms with van der Waals surface area (Å²) < 4.78 is 10.4. The summed E-state index contributed by atoms with van der Waals surface area (Å²) in [4.78, 5) is 19.0. The maximum Gasteiger partial charge on any atom is 0.263 e. The molecule has 0 fully saturated rings. The number of hydrogen-bond acceptors (Lipinski definition) is 5. The van der Waals surface area contributed by atoms with E-state index in [9.17, 15) is 4.79 Å². The van der Waals surface area contributed by atoms with Crippen LogP contribution in [0.1, 0.15) is 33.3 Å². The van der Waals surface area contributed by atoms with Crippen LogP contribution in [-0.4, -0.2) is 49.9 Å². The second-order valence-electron chi connectivity index (χ2n) is 5.60. The zero-order valence-electron chi connectivity index (χ0n) is 14.7. The van der Waals surface area contributed by atoms with Gasteiger partial charge in [-0.3, -0.25) is 4.79 Å². The number of benzene rings is 1. The van der Waals surface area contributed by atoms with E-state index in [-0.39, 0.29) is 24.6 Å². The van der Waals surface area contributed by atoms with Gasteiger partial charge in [0.15, 0.2) is 6.61 Å². The molecule has 1 aromatic rings. The fourth-order valence-electron chi connectivity index (χ4n) is 2.37. The van der Waals surface area contributed by atoms with Crippen LogP contribution in [0.3, 0.4) is 0 Å². The van der Waals surface area contributed by atoms with Crippen molar-refractivity contribution in [2.45, 2.75) is 39.8 Å². The number of rotatable bonds is 8. The lowest BCUT2D eigenvalue weighted by Gasteiger charge is -2.30. The van der Waals surface area contributed by atoms with Gasteiger partial charge in [0, 0.05) is 17.6 Å². The van der Waals surface area contributed by atoms with E-state index < -0.39 is 0 Å². The first kappa shape index (κ1) is 18.8. The lowest BCUT2D eigenvalue weighted by atomic mass is 10.2. The van der Waals surface area contributed by atoms with E-state index in [1.807, 2.05) is 27.7 Å². The molecule has 0 unspecified atom stereocenters. The molecule has 0 aliphatic heterocycles. The van der Waals surface area contributed by atoms with Crippen LogP contribution in [0.15, 0.2) is 23.4 Å². The van der Waals surface area contributed by atoms with Gasteiger partial charge in [-0.2, -0.15) is 0 Å². The summed E-state index contributed by atoms with van der Waals surface area (Å²) >= 11 is 0. The third kappa shape index (κ3) is 5.47. The van der Waals surface area contributed by atoms with Gasteiger partial charge in [0.1, 0.15) is 11.5 Å². The Morgan fingerprint density at radius 1 is 1.17 bits per heavy atom. The van der Waals surface area contributed by atoms with Crippen LogP contribution < -0.4 is 9.47 Å². The van der Waals surface area contributed by atoms with Gasteiger partial charge >= 0.3 is 0 Å². The second kappa shape index (κ2) is 9.02. The molecular formula is C17H26N2O4. The van der Waals surface area contributed by atoms with Crippen molar-refractivity contribution in [3.05, 3.63) is 23.8 Å². The Morgan fingerprint density at radius 3 is 2.35 bits per heavy atom. The van der Waals surface area contributed by atoms with Crippen LogP contribution in [0, 0.1) is 0 Å². The Balaban J connectivity index is 2.68. The molecule has 128 valence electrons. The molecule has 1 rings (SSSR count). The van der Waals surface area contributed by atoms with Gasteiger partial charge in [0.2, 0.25) is 0 Å². The van der Waals surface area contributed by atoms with Gasteiger partial charge in [-0.15, -0.1) is 0 Å². The van der Waals surface area contributed by atoms with Crippen LogP contribution >= 0.6 is 0 Å². The molecule has 0 atom stereocenters. The summed E-state index contributed by atoms with van der Waals surface area (Å²) in [5.41, 5.74) is 0.712. The van der Waals surface area contributed by atoms with E-state index in [0.717, 1.165) is 0 Å². The van der Waals surface area contributed by atoms with Crippen molar-refractivity contribution < 1.29 is 19.1 Å². The van der Waals surface area contributed by atoms with E-state index >= 15 is 0 Å². The average molecular weight is 322 g/mol. The minimum atomic E-state index is -0.0981. The summed E-state index contributed by atoms with van der Waals surface area (Å²) in [5, 5.41) is 3.86. The van der Waals surface area contributed by atoms with Gasteiger partial charge in [-0.05, 0) is 45.9 Å². The molecule has 0 saturated heterocycles. The van der Waals surface area contributed by atoms with E-state index in [0.29, 0.717) is 17.1 Å². The zero-order chi connectivity index (χ0) is 17.4. The highest BCUT2D eigenvalue weighted by Gasteiger charge is 2.20. The lowest BCUT2D eigenvalue weighted by molar-refractivity contribution is -0.139. The van der Waals surface area contributed by atoms with Crippen molar-refractivity contribution in [3.8, 4) is 11.5 Å². The standard InChI is InChI=1S/C17H26N2O4/c1-12(2)19(13(3)4)17(20)11-23-18-10-14-9-15(21-5)7-8-16(14)22-6/h7-10,12-13H,11H2,1-6H3/b18-10-. The molecule has 1 amide bonds. The number of ether oxygens (including phenoxy) is 2. The van der Waals surface area contributed by atoms with Crippen molar-refractivity contribution in [1.82, 2.24) is 4.90 Å². The number of hydrogen-bond donors (Lipinski definition) is 0. The molecule has 0 spiro atoms. The first-order valence-corrected chi connectivity index (χ1v) is 7.59. The van der Waals surface area contributed by atoms with Crippen LogP contribution in [0.25, 0.3) is 0 Å². The normalized spacial score (nSPS) is 11.1. The second-order valence-corrected chi connectivity index (χ2v) is 5.60. The average Bonchev–Trinajstić information content (AvgIpc) is 2.50. The van der Waals surface area contributed by atoms with Gasteiger partial charge in [0.25, 0.3) is 5.91 Å². The Bertz CT molecular complexity index is 533. The van der Waals surface area contributed by atoms with Crippen molar-refractivity contribution >= 4 is 12.1 Å². The molecular weight excluding hydrogens is 296 g/mol. The van der Waals surface area contributed by atoms with E-state index in [4.69, 9.17) is 14.3 Å². The van der Waals surface area contributed by atoms with Gasteiger partial charge in [0.05, 0.1) is 20.4 Å². The minimum absolute atomic E-state index is 0.0928. The summed E-state index contributed by atoms with van der Waals surface area (Å²) in [6, 6.07) is 5.60. The Morgan fingerprint density at radius 2 is 1.83 bits per heavy atom. The van der Waals surface area contributed by atoms with Crippen molar-refractivity contribution in [2.75, 3.05) is 20.8 Å². The first-order chi connectivity index (χ1) is 10.9. The van der Waals surface area contributed by atoms with Crippen LogP contribution in [0.5, 0.6) is 11.5 Å². The fraction of sp³-hybridized carbons (Fsp3) is 0.529. The summed E-state index contributed by atoms with van der Waals surface area (Å²) in [6.45, 7) is 7.80. The molecule has 0 aromatic heterocycles. The smallest absolute Gasteiger partial charge is 0.263 e. The monoisotopic (exact) mass is 322 g/mol. The van der Waals surface area contributed by atoms with Crippen molar-refractivity contribution in [2.24, 2.45) is 5.16 Å². The largest absolute Gasteiger partial charge is 0.497 e. The Labute approximate surface area is 138 Å². The Kier molecular flexibility index (Phi) is 7.38. The van der Waals surface area contributed by atoms with Crippen molar-refractivity contribution in [1.29, 1.82) is 0 Å². The first-order valence-electron chi connectivity index (χ1n) is 7.59. The molecule has 0 aliphatic carbocycles. The Hall–Kier alpha value is -2.24. The van der Waals surface area contributed by atoms with Crippen LogP contribution in [0.2, 0.25) is 0 Å². The van der Waals surface area contributed by atoms with Gasteiger partial charge in [-0.1, -0.05) is 5.16 Å². The maximum absolute atomic E-state index is 12.1. The van der Waals surface area contributed by atoms with Crippen LogP contribution in [0.4, 0.5) is 0 Å². The highest BCUT2D eigenvalue weighted by atomic mass is 16.6. The minimum Gasteiger partial charge on any atom is -0.497 e. The molecule has 6 heteroatoms. The molecule has 23 heavy (non-hydrogen) atoms. The zero-order valence-corrected chi connectivity index (χ0v) is 14.7. The number of oxime groups is 1. The molecule has 1 aromatic carbocycles. The molecule has 0 heterocycles. The highest BCUT2D eigenvalue weighted by Crippen LogP contribution is 2.22. The lowest BCUT2D eigenvalue weighted by Crippen LogP contribution is -2.43. The quantitative estimate of drug-likeness (QED) is 0.545. The predicted octanol–water partition coefficient (Wildman–Crippen LogP) is 2.70. The topological polar surface area (TPSA) is 60.4 Å². The van der Waals surface area contributed by atoms with Gasteiger partial charge in [-0.25, -0.2) is 0 Å². The molecule has 0 bridgehead atoms.